The molecule has 1 N–H and O–H groups in total. The molecule has 3 aliphatic rings. The van der Waals surface area contributed by atoms with E-state index in [-0.39, 0.29) is 11.5 Å². The van der Waals surface area contributed by atoms with Crippen LogP contribution in [0.2, 0.25) is 0 Å². The van der Waals surface area contributed by atoms with Gasteiger partial charge in [0.1, 0.15) is 23.6 Å². The number of piperazine rings is 1. The standard InChI is InChI=1S/C30H33FN6O/c1-18-6-3-7-19-8-4-10-23(25(18)19)27-26(31)28-24(14-32-27)29(37-15-20-11-12-21(16-37)33-20)35-30(34-28)38-17-22-9-5-13-36(22)2/h3-4,6-8,10,14,20-22,33H,5,9,11-13,15-17H2,1-2H3/t20-,21+,22-/m0/s1. The largest absolute Gasteiger partial charge is 0.462 e. The fraction of sp³-hybridized carbons (Fsp3) is 0.433. The number of likely N-dealkylation sites (tertiary alicyclic amines) is 1. The SMILES string of the molecule is Cc1cccc2cccc(-c3ncc4c(N5C[C@H]6CC[C@@H](C5)N6)nc(OC[C@@H]5CCCN5C)nc4c3F)c12. The molecule has 7 nitrogen and oxygen atoms in total. The first kappa shape index (κ1) is 23.7. The molecule has 0 aliphatic carbocycles. The Morgan fingerprint density at radius 2 is 1.84 bits per heavy atom. The van der Waals surface area contributed by atoms with Gasteiger partial charge in [0.2, 0.25) is 0 Å². The topological polar surface area (TPSA) is 66.4 Å². The summed E-state index contributed by atoms with van der Waals surface area (Å²) >= 11 is 0. The van der Waals surface area contributed by atoms with Crippen LogP contribution in [-0.2, 0) is 0 Å². The second-order valence-electron chi connectivity index (χ2n) is 11.1. The molecule has 2 aromatic carbocycles. The van der Waals surface area contributed by atoms with Crippen molar-refractivity contribution in [2.24, 2.45) is 0 Å². The van der Waals surface area contributed by atoms with E-state index in [1.807, 2.05) is 18.2 Å². The first-order valence-electron chi connectivity index (χ1n) is 13.7. The molecule has 5 heterocycles. The molecule has 2 aromatic heterocycles. The summed E-state index contributed by atoms with van der Waals surface area (Å²) in [5.41, 5.74) is 2.44. The van der Waals surface area contributed by atoms with Crippen LogP contribution in [0.4, 0.5) is 10.2 Å². The van der Waals surface area contributed by atoms with E-state index in [2.05, 4.69) is 57.3 Å². The van der Waals surface area contributed by atoms with Crippen LogP contribution >= 0.6 is 0 Å². The summed E-state index contributed by atoms with van der Waals surface area (Å²) in [6, 6.07) is 13.5. The molecule has 0 unspecified atom stereocenters. The molecule has 0 radical (unpaired) electrons. The summed E-state index contributed by atoms with van der Waals surface area (Å²) < 4.78 is 22.6. The number of aryl methyl sites for hydroxylation is 1. The molecule has 7 rings (SSSR count). The summed E-state index contributed by atoms with van der Waals surface area (Å²) in [6.07, 6.45) is 6.29. The lowest BCUT2D eigenvalue weighted by atomic mass is 9.97. The Morgan fingerprint density at radius 3 is 2.61 bits per heavy atom. The van der Waals surface area contributed by atoms with E-state index in [1.54, 1.807) is 6.20 Å². The van der Waals surface area contributed by atoms with Crippen LogP contribution in [0.1, 0.15) is 31.2 Å². The van der Waals surface area contributed by atoms with Crippen molar-refractivity contribution in [1.29, 1.82) is 0 Å². The second-order valence-corrected chi connectivity index (χ2v) is 11.1. The molecule has 0 spiro atoms. The number of likely N-dealkylation sites (N-methyl/N-ethyl adjacent to an activating group) is 1. The first-order chi connectivity index (χ1) is 18.5. The number of ether oxygens (including phenoxy) is 1. The van der Waals surface area contributed by atoms with Gasteiger partial charge >= 0.3 is 6.01 Å². The maximum Gasteiger partial charge on any atom is 0.319 e. The highest BCUT2D eigenvalue weighted by molar-refractivity contribution is 6.00. The van der Waals surface area contributed by atoms with Gasteiger partial charge in [-0.2, -0.15) is 9.97 Å². The molecular weight excluding hydrogens is 479 g/mol. The molecule has 4 aromatic rings. The van der Waals surface area contributed by atoms with Gasteiger partial charge in [0.05, 0.1) is 5.39 Å². The average molecular weight is 513 g/mol. The van der Waals surface area contributed by atoms with E-state index in [0.29, 0.717) is 35.8 Å². The van der Waals surface area contributed by atoms with Gasteiger partial charge in [-0.3, -0.25) is 4.98 Å². The molecule has 3 atom stereocenters. The number of fused-ring (bicyclic) bond motifs is 4. The van der Waals surface area contributed by atoms with Crippen molar-refractivity contribution in [3.05, 3.63) is 54.0 Å². The Labute approximate surface area is 222 Å². The van der Waals surface area contributed by atoms with E-state index in [9.17, 15) is 0 Å². The van der Waals surface area contributed by atoms with Gasteiger partial charge in [0, 0.05) is 43.0 Å². The lowest BCUT2D eigenvalue weighted by Gasteiger charge is -2.34. The molecule has 8 heteroatoms. The zero-order valence-corrected chi connectivity index (χ0v) is 22.0. The van der Waals surface area contributed by atoms with E-state index < -0.39 is 5.82 Å². The number of rotatable bonds is 5. The van der Waals surface area contributed by atoms with Gasteiger partial charge in [-0.25, -0.2) is 4.39 Å². The van der Waals surface area contributed by atoms with Crippen LogP contribution in [0.5, 0.6) is 6.01 Å². The van der Waals surface area contributed by atoms with E-state index in [1.165, 1.54) is 0 Å². The van der Waals surface area contributed by atoms with Crippen LogP contribution in [0.15, 0.2) is 42.6 Å². The summed E-state index contributed by atoms with van der Waals surface area (Å²) in [6.45, 7) is 5.28. The first-order valence-corrected chi connectivity index (χ1v) is 13.7. The minimum Gasteiger partial charge on any atom is -0.462 e. The van der Waals surface area contributed by atoms with E-state index in [4.69, 9.17) is 9.72 Å². The molecule has 2 bridgehead atoms. The van der Waals surface area contributed by atoms with Crippen LogP contribution in [-0.4, -0.2) is 71.3 Å². The molecule has 0 amide bonds. The Hall–Kier alpha value is -3.36. The lowest BCUT2D eigenvalue weighted by Crippen LogP contribution is -2.51. The van der Waals surface area contributed by atoms with Crippen molar-refractivity contribution in [3.63, 3.8) is 0 Å². The molecule has 0 saturated carbocycles. The molecule has 3 fully saturated rings. The summed E-state index contributed by atoms with van der Waals surface area (Å²) in [4.78, 5) is 18.8. The highest BCUT2D eigenvalue weighted by Crippen LogP contribution is 2.37. The predicted molar refractivity (Wildman–Crippen MR) is 148 cm³/mol. The molecule has 3 aliphatic heterocycles. The number of halogens is 1. The predicted octanol–water partition coefficient (Wildman–Crippen LogP) is 4.71. The Bertz CT molecular complexity index is 1510. The Balaban J connectivity index is 1.36. The molecule has 38 heavy (non-hydrogen) atoms. The Morgan fingerprint density at radius 1 is 1.05 bits per heavy atom. The smallest absolute Gasteiger partial charge is 0.319 e. The average Bonchev–Trinajstić information content (AvgIpc) is 3.50. The monoisotopic (exact) mass is 512 g/mol. The van der Waals surface area contributed by atoms with Crippen molar-refractivity contribution in [1.82, 2.24) is 25.2 Å². The third-order valence-corrected chi connectivity index (χ3v) is 8.60. The van der Waals surface area contributed by atoms with Crippen molar-refractivity contribution in [2.45, 2.75) is 50.7 Å². The van der Waals surface area contributed by atoms with Crippen LogP contribution in [0, 0.1) is 12.7 Å². The molecule has 3 saturated heterocycles. The number of benzene rings is 2. The van der Waals surface area contributed by atoms with Crippen molar-refractivity contribution in [2.75, 3.05) is 38.2 Å². The maximum absolute atomic E-state index is 16.5. The third-order valence-electron chi connectivity index (χ3n) is 8.60. The number of hydrogen-bond donors (Lipinski definition) is 1. The summed E-state index contributed by atoms with van der Waals surface area (Å²) in [7, 11) is 2.12. The third kappa shape index (κ3) is 4.07. The second kappa shape index (κ2) is 9.43. The van der Waals surface area contributed by atoms with Crippen LogP contribution < -0.4 is 15.0 Å². The van der Waals surface area contributed by atoms with Crippen molar-refractivity contribution >= 4 is 27.5 Å². The maximum atomic E-state index is 16.5. The summed E-state index contributed by atoms with van der Waals surface area (Å²) in [5.74, 6) is 0.290. The molecule has 196 valence electrons. The zero-order chi connectivity index (χ0) is 25.8. The Kier molecular flexibility index (Phi) is 5.89. The van der Waals surface area contributed by atoms with Gasteiger partial charge in [-0.05, 0) is 62.5 Å². The van der Waals surface area contributed by atoms with Crippen molar-refractivity contribution < 1.29 is 9.13 Å². The number of anilines is 1. The van der Waals surface area contributed by atoms with Gasteiger partial charge in [0.15, 0.2) is 5.82 Å². The number of pyridine rings is 1. The quantitative estimate of drug-likeness (QED) is 0.416. The van der Waals surface area contributed by atoms with Crippen molar-refractivity contribution in [3.8, 4) is 17.3 Å². The zero-order valence-electron chi connectivity index (χ0n) is 22.0. The minimum absolute atomic E-state index is 0.240. The van der Waals surface area contributed by atoms with Crippen LogP contribution in [0.3, 0.4) is 0 Å². The fourth-order valence-electron chi connectivity index (χ4n) is 6.57. The van der Waals surface area contributed by atoms with Gasteiger partial charge in [-0.15, -0.1) is 0 Å². The van der Waals surface area contributed by atoms with E-state index in [0.717, 1.165) is 73.0 Å². The fourth-order valence-corrected chi connectivity index (χ4v) is 6.57. The number of aromatic nitrogens is 3. The van der Waals surface area contributed by atoms with Gasteiger partial charge in [-0.1, -0.05) is 36.4 Å². The normalized spacial score (nSPS) is 23.6. The van der Waals surface area contributed by atoms with Crippen LogP contribution in [0.25, 0.3) is 32.9 Å². The van der Waals surface area contributed by atoms with E-state index >= 15 is 4.39 Å². The minimum atomic E-state index is -0.428. The molecular formula is C30H33FN6O. The number of hydrogen-bond acceptors (Lipinski definition) is 7. The lowest BCUT2D eigenvalue weighted by molar-refractivity contribution is 0.188. The highest BCUT2D eigenvalue weighted by atomic mass is 19.1. The summed E-state index contributed by atoms with van der Waals surface area (Å²) in [5, 5.41) is 6.38. The number of nitrogens with zero attached hydrogens (tertiary/aromatic N) is 5. The van der Waals surface area contributed by atoms with Gasteiger partial charge in [0.25, 0.3) is 0 Å². The number of nitrogens with one attached hydrogen (secondary N) is 1. The van der Waals surface area contributed by atoms with Gasteiger partial charge < -0.3 is 19.9 Å². The highest BCUT2D eigenvalue weighted by Gasteiger charge is 2.34.